The molecule has 0 aliphatic rings. The van der Waals surface area contributed by atoms with Crippen molar-refractivity contribution in [3.05, 3.63) is 29.8 Å². The topological polar surface area (TPSA) is 60.7 Å². The minimum absolute atomic E-state index is 0.187. The number of carbonyl (C=O) groups excluding carboxylic acids is 1. The lowest BCUT2D eigenvalue weighted by Gasteiger charge is -2.15. The van der Waals surface area contributed by atoms with Crippen molar-refractivity contribution < 1.29 is 4.79 Å². The Morgan fingerprint density at radius 1 is 1.18 bits per heavy atom. The first-order chi connectivity index (χ1) is 8.00. The molecular formula is C12H14N4O. The first-order valence-electron chi connectivity index (χ1n) is 5.37. The molecule has 0 bridgehead atoms. The zero-order valence-electron chi connectivity index (χ0n) is 10.1. The maximum atomic E-state index is 10.5. The molecule has 0 amide bonds. The average molecular weight is 230 g/mol. The third-order valence-electron chi connectivity index (χ3n) is 2.32. The van der Waals surface area contributed by atoms with Gasteiger partial charge in [-0.3, -0.25) is 4.79 Å². The van der Waals surface area contributed by atoms with Crippen LogP contribution in [0.25, 0.3) is 11.4 Å². The highest BCUT2D eigenvalue weighted by Gasteiger charge is 2.17. The van der Waals surface area contributed by atoms with Gasteiger partial charge >= 0.3 is 0 Å². The van der Waals surface area contributed by atoms with Crippen LogP contribution in [0.5, 0.6) is 0 Å². The molecule has 0 aliphatic heterocycles. The average Bonchev–Trinajstić information content (AvgIpc) is 2.78. The van der Waals surface area contributed by atoms with Crippen LogP contribution in [0.15, 0.2) is 24.3 Å². The van der Waals surface area contributed by atoms with Gasteiger partial charge in [-0.05, 0) is 26.0 Å². The molecule has 17 heavy (non-hydrogen) atoms. The second-order valence-corrected chi connectivity index (χ2v) is 4.81. The van der Waals surface area contributed by atoms with Gasteiger partial charge < -0.3 is 0 Å². The molecule has 5 nitrogen and oxygen atoms in total. The van der Waals surface area contributed by atoms with Crippen molar-refractivity contribution >= 4 is 6.29 Å². The van der Waals surface area contributed by atoms with Crippen molar-refractivity contribution in [3.8, 4) is 11.4 Å². The number of hydrogen-bond acceptors (Lipinski definition) is 4. The lowest BCUT2D eigenvalue weighted by atomic mass is 10.1. The van der Waals surface area contributed by atoms with Gasteiger partial charge in [-0.25, -0.2) is 0 Å². The van der Waals surface area contributed by atoms with E-state index in [1.165, 1.54) is 0 Å². The Morgan fingerprint density at radius 3 is 2.29 bits per heavy atom. The largest absolute Gasteiger partial charge is 0.298 e. The van der Waals surface area contributed by atoms with Gasteiger partial charge in [0, 0.05) is 11.1 Å². The minimum atomic E-state index is -0.187. The molecule has 0 atom stereocenters. The van der Waals surface area contributed by atoms with Crippen molar-refractivity contribution in [1.29, 1.82) is 0 Å². The van der Waals surface area contributed by atoms with Gasteiger partial charge in [-0.15, -0.1) is 10.2 Å². The highest BCUT2D eigenvalue weighted by Crippen LogP contribution is 2.16. The summed E-state index contributed by atoms with van der Waals surface area (Å²) in [6.07, 6.45) is 0.809. The predicted molar refractivity (Wildman–Crippen MR) is 63.6 cm³/mol. The summed E-state index contributed by atoms with van der Waals surface area (Å²) in [6.45, 7) is 6.02. The van der Waals surface area contributed by atoms with E-state index in [0.29, 0.717) is 11.4 Å². The lowest BCUT2D eigenvalue weighted by Crippen LogP contribution is -2.24. The van der Waals surface area contributed by atoms with Gasteiger partial charge in [0.25, 0.3) is 0 Å². The Balaban J connectivity index is 2.33. The molecule has 0 aliphatic carbocycles. The molecule has 0 saturated heterocycles. The van der Waals surface area contributed by atoms with Gasteiger partial charge in [-0.1, -0.05) is 24.3 Å². The second-order valence-electron chi connectivity index (χ2n) is 4.81. The number of rotatable bonds is 2. The van der Waals surface area contributed by atoms with E-state index >= 15 is 0 Å². The number of nitrogens with zero attached hydrogens (tertiary/aromatic N) is 4. The Bertz CT molecular complexity index is 522. The zero-order valence-corrected chi connectivity index (χ0v) is 10.1. The maximum absolute atomic E-state index is 10.5. The van der Waals surface area contributed by atoms with Crippen molar-refractivity contribution in [2.45, 2.75) is 26.3 Å². The second kappa shape index (κ2) is 4.08. The first-order valence-corrected chi connectivity index (χ1v) is 5.37. The van der Waals surface area contributed by atoms with Crippen LogP contribution in [-0.2, 0) is 5.54 Å². The Labute approximate surface area is 99.5 Å². The van der Waals surface area contributed by atoms with Crippen LogP contribution in [0.3, 0.4) is 0 Å². The summed E-state index contributed by atoms with van der Waals surface area (Å²) in [5, 5.41) is 12.3. The molecule has 0 radical (unpaired) electrons. The van der Waals surface area contributed by atoms with E-state index in [-0.39, 0.29) is 5.54 Å². The van der Waals surface area contributed by atoms with E-state index in [9.17, 15) is 4.79 Å². The fourth-order valence-electron chi connectivity index (χ4n) is 1.32. The fraction of sp³-hybridized carbons (Fsp3) is 0.333. The molecule has 1 aromatic carbocycles. The van der Waals surface area contributed by atoms with Crippen LogP contribution in [0.2, 0.25) is 0 Å². The normalized spacial score (nSPS) is 11.5. The Kier molecular flexibility index (Phi) is 2.75. The van der Waals surface area contributed by atoms with Gasteiger partial charge in [0.2, 0.25) is 5.82 Å². The van der Waals surface area contributed by atoms with Crippen LogP contribution in [0, 0.1) is 0 Å². The number of tetrazole rings is 1. The van der Waals surface area contributed by atoms with E-state index < -0.39 is 0 Å². The van der Waals surface area contributed by atoms with Crippen LogP contribution in [0.4, 0.5) is 0 Å². The van der Waals surface area contributed by atoms with Crippen molar-refractivity contribution in [2.75, 3.05) is 0 Å². The summed E-state index contributed by atoms with van der Waals surface area (Å²) in [4.78, 5) is 12.1. The van der Waals surface area contributed by atoms with Gasteiger partial charge in [0.05, 0.1) is 5.54 Å². The first kappa shape index (κ1) is 11.4. The van der Waals surface area contributed by atoms with Crippen LogP contribution in [0.1, 0.15) is 31.1 Å². The van der Waals surface area contributed by atoms with Gasteiger partial charge in [-0.2, -0.15) is 4.80 Å². The molecule has 2 aromatic rings. The summed E-state index contributed by atoms with van der Waals surface area (Å²) >= 11 is 0. The standard InChI is InChI=1S/C12H14N4O/c1-12(2,3)16-14-11(13-15-16)10-6-4-9(8-17)5-7-10/h4-8H,1-3H3. The molecule has 1 heterocycles. The van der Waals surface area contributed by atoms with Crippen molar-refractivity contribution in [1.82, 2.24) is 20.2 Å². The lowest BCUT2D eigenvalue weighted by molar-refractivity contribution is 0.112. The zero-order chi connectivity index (χ0) is 12.5. The quantitative estimate of drug-likeness (QED) is 0.739. The molecule has 0 fully saturated rings. The van der Waals surface area contributed by atoms with E-state index in [0.717, 1.165) is 11.8 Å². The smallest absolute Gasteiger partial charge is 0.204 e. The molecular weight excluding hydrogens is 216 g/mol. The van der Waals surface area contributed by atoms with Crippen LogP contribution < -0.4 is 0 Å². The number of carbonyl (C=O) groups is 1. The van der Waals surface area contributed by atoms with Crippen molar-refractivity contribution in [3.63, 3.8) is 0 Å². The van der Waals surface area contributed by atoms with E-state index in [1.807, 2.05) is 32.9 Å². The van der Waals surface area contributed by atoms with Gasteiger partial charge in [0.1, 0.15) is 6.29 Å². The minimum Gasteiger partial charge on any atom is -0.298 e. The molecule has 0 saturated carbocycles. The molecule has 2 rings (SSSR count). The highest BCUT2D eigenvalue weighted by atomic mass is 16.1. The molecule has 0 N–H and O–H groups in total. The van der Waals surface area contributed by atoms with Crippen LogP contribution >= 0.6 is 0 Å². The summed E-state index contributed by atoms with van der Waals surface area (Å²) in [6, 6.07) is 7.10. The molecule has 1 aromatic heterocycles. The highest BCUT2D eigenvalue weighted by molar-refractivity contribution is 5.76. The van der Waals surface area contributed by atoms with E-state index in [2.05, 4.69) is 15.4 Å². The van der Waals surface area contributed by atoms with Crippen LogP contribution in [-0.4, -0.2) is 26.5 Å². The number of benzene rings is 1. The summed E-state index contributed by atoms with van der Waals surface area (Å²) in [5.41, 5.74) is 1.30. The molecule has 0 unspecified atom stereocenters. The monoisotopic (exact) mass is 230 g/mol. The summed E-state index contributed by atoms with van der Waals surface area (Å²) < 4.78 is 0. The summed E-state index contributed by atoms with van der Waals surface area (Å²) in [5.74, 6) is 0.567. The fourth-order valence-corrected chi connectivity index (χ4v) is 1.32. The molecule has 88 valence electrons. The van der Waals surface area contributed by atoms with Gasteiger partial charge in [0.15, 0.2) is 0 Å². The third kappa shape index (κ3) is 2.38. The summed E-state index contributed by atoms with van der Waals surface area (Å²) in [7, 11) is 0. The van der Waals surface area contributed by atoms with E-state index in [4.69, 9.17) is 0 Å². The predicted octanol–water partition coefficient (Wildman–Crippen LogP) is 1.91. The molecule has 0 spiro atoms. The number of hydrogen-bond donors (Lipinski definition) is 0. The Hall–Kier alpha value is -2.04. The number of aromatic nitrogens is 4. The third-order valence-corrected chi connectivity index (χ3v) is 2.32. The van der Waals surface area contributed by atoms with Crippen molar-refractivity contribution in [2.24, 2.45) is 0 Å². The molecule has 5 heteroatoms. The van der Waals surface area contributed by atoms with E-state index in [1.54, 1.807) is 16.9 Å². The Morgan fingerprint density at radius 2 is 1.82 bits per heavy atom. The SMILES string of the molecule is CC(C)(C)n1nnc(-c2ccc(C=O)cc2)n1. The maximum Gasteiger partial charge on any atom is 0.204 e. The number of aldehydes is 1.